The number of rotatable bonds is 3. The highest BCUT2D eigenvalue weighted by molar-refractivity contribution is 7.14. The smallest absolute Gasteiger partial charge is 0.271 e. The van der Waals surface area contributed by atoms with Crippen molar-refractivity contribution in [1.29, 1.82) is 0 Å². The molecule has 3 rings (SSSR count). The molecule has 0 bridgehead atoms. The van der Waals surface area contributed by atoms with Crippen LogP contribution >= 0.6 is 11.3 Å². The van der Waals surface area contributed by atoms with Crippen LogP contribution in [0.15, 0.2) is 34.5 Å². The van der Waals surface area contributed by atoms with Crippen LogP contribution in [-0.2, 0) is 6.54 Å². The summed E-state index contributed by atoms with van der Waals surface area (Å²) in [4.78, 5) is 16.6. The molecule has 0 unspecified atom stereocenters. The average molecular weight is 248 g/mol. The zero-order valence-electron chi connectivity index (χ0n) is 8.66. The second-order valence-electron chi connectivity index (χ2n) is 3.35. The number of carbonyl (C=O) groups is 1. The monoisotopic (exact) mass is 248 g/mol. The van der Waals surface area contributed by atoms with Gasteiger partial charge in [0.1, 0.15) is 17.0 Å². The van der Waals surface area contributed by atoms with Gasteiger partial charge in [-0.3, -0.25) is 4.79 Å². The minimum absolute atomic E-state index is 0.237. The normalized spacial score (nSPS) is 10.8. The first-order valence-corrected chi connectivity index (χ1v) is 5.80. The van der Waals surface area contributed by atoms with E-state index in [4.69, 9.17) is 4.42 Å². The van der Waals surface area contributed by atoms with Crippen LogP contribution in [0.25, 0.3) is 4.96 Å². The Labute approximate surface area is 99.9 Å². The first-order chi connectivity index (χ1) is 8.33. The lowest BCUT2D eigenvalue weighted by Gasteiger charge is -1.99. The third-order valence-corrected chi connectivity index (χ3v) is 2.91. The summed E-state index contributed by atoms with van der Waals surface area (Å²) in [7, 11) is 0. The van der Waals surface area contributed by atoms with E-state index < -0.39 is 0 Å². The molecule has 0 aliphatic carbocycles. The molecular weight excluding hydrogens is 240 g/mol. The number of imidazole rings is 1. The van der Waals surface area contributed by atoms with Crippen molar-refractivity contribution in [2.24, 2.45) is 0 Å². The van der Waals surface area contributed by atoms with Crippen LogP contribution in [0.3, 0.4) is 0 Å². The molecule has 1 amide bonds. The number of aromatic nitrogens is 3. The van der Waals surface area contributed by atoms with E-state index >= 15 is 0 Å². The maximum Gasteiger partial charge on any atom is 0.271 e. The molecule has 3 aromatic heterocycles. The summed E-state index contributed by atoms with van der Waals surface area (Å²) in [6, 6.07) is 3.57. The summed E-state index contributed by atoms with van der Waals surface area (Å²) in [6.07, 6.45) is 3.17. The third kappa shape index (κ3) is 1.92. The largest absolute Gasteiger partial charge is 0.467 e. The number of nitrogens with one attached hydrogen (secondary N) is 1. The molecule has 0 aliphatic rings. The van der Waals surface area contributed by atoms with Gasteiger partial charge in [-0.25, -0.2) is 9.50 Å². The van der Waals surface area contributed by atoms with Gasteiger partial charge in [0.2, 0.25) is 4.96 Å². The van der Waals surface area contributed by atoms with Crippen molar-refractivity contribution in [2.45, 2.75) is 6.54 Å². The number of carbonyl (C=O) groups excluding carboxylic acids is 1. The summed E-state index contributed by atoms with van der Waals surface area (Å²) in [5.41, 5.74) is 2.03. The molecule has 3 heterocycles. The highest BCUT2D eigenvalue weighted by atomic mass is 32.1. The van der Waals surface area contributed by atoms with Gasteiger partial charge < -0.3 is 9.73 Å². The van der Waals surface area contributed by atoms with Gasteiger partial charge in [0, 0.05) is 0 Å². The van der Waals surface area contributed by atoms with Crippen molar-refractivity contribution in [3.05, 3.63) is 41.6 Å². The minimum atomic E-state index is -0.237. The Kier molecular flexibility index (Phi) is 2.37. The predicted molar refractivity (Wildman–Crippen MR) is 60.7 cm³/mol. The first-order valence-electron chi connectivity index (χ1n) is 4.92. The van der Waals surface area contributed by atoms with Crippen LogP contribution in [0.2, 0.25) is 0 Å². The Morgan fingerprint density at radius 1 is 1.59 bits per heavy atom. The standard InChI is InChI=1S/C10H8N4O2S/c15-9(11-4-7-2-1-3-16-7)8-5-14-10(13-8)17-6-12-14/h1-3,5-6H,4H2,(H,11,15). The molecule has 0 atom stereocenters. The van der Waals surface area contributed by atoms with Gasteiger partial charge in [-0.15, -0.1) is 0 Å². The van der Waals surface area contributed by atoms with Crippen molar-refractivity contribution in [3.8, 4) is 0 Å². The van der Waals surface area contributed by atoms with Crippen LogP contribution in [0.1, 0.15) is 16.2 Å². The van der Waals surface area contributed by atoms with Gasteiger partial charge >= 0.3 is 0 Å². The van der Waals surface area contributed by atoms with Crippen LogP contribution < -0.4 is 5.32 Å². The van der Waals surface area contributed by atoms with E-state index in [9.17, 15) is 4.79 Å². The Bertz CT molecular complexity index is 612. The fourth-order valence-corrected chi connectivity index (χ4v) is 2.02. The first kappa shape index (κ1) is 10.0. The van der Waals surface area contributed by atoms with Crippen molar-refractivity contribution in [1.82, 2.24) is 19.9 Å². The van der Waals surface area contributed by atoms with Crippen molar-refractivity contribution >= 4 is 22.2 Å². The van der Waals surface area contributed by atoms with E-state index in [1.807, 2.05) is 0 Å². The number of fused-ring (bicyclic) bond motifs is 1. The number of hydrogen-bond donors (Lipinski definition) is 1. The van der Waals surface area contributed by atoms with Gasteiger partial charge in [0.05, 0.1) is 19.0 Å². The lowest BCUT2D eigenvalue weighted by Crippen LogP contribution is -2.22. The molecule has 0 spiro atoms. The fraction of sp³-hybridized carbons (Fsp3) is 0.100. The third-order valence-electron chi connectivity index (χ3n) is 2.22. The summed E-state index contributed by atoms with van der Waals surface area (Å²) in [5.74, 6) is 0.469. The molecule has 3 aromatic rings. The topological polar surface area (TPSA) is 72.4 Å². The molecule has 0 fully saturated rings. The molecule has 17 heavy (non-hydrogen) atoms. The van der Waals surface area contributed by atoms with Gasteiger partial charge in [-0.05, 0) is 12.1 Å². The summed E-state index contributed by atoms with van der Waals surface area (Å²) < 4.78 is 6.69. The van der Waals surface area contributed by atoms with Crippen molar-refractivity contribution in [2.75, 3.05) is 0 Å². The molecule has 86 valence electrons. The lowest BCUT2D eigenvalue weighted by molar-refractivity contribution is 0.0943. The Hall–Kier alpha value is -2.15. The zero-order valence-corrected chi connectivity index (χ0v) is 9.48. The highest BCUT2D eigenvalue weighted by Gasteiger charge is 2.11. The molecule has 0 saturated heterocycles. The Morgan fingerprint density at radius 3 is 3.29 bits per heavy atom. The van der Waals surface area contributed by atoms with Crippen LogP contribution in [-0.4, -0.2) is 20.5 Å². The number of furan rings is 1. The van der Waals surface area contributed by atoms with E-state index in [1.54, 1.807) is 34.6 Å². The van der Waals surface area contributed by atoms with Gasteiger partial charge in [-0.2, -0.15) is 5.10 Å². The molecular formula is C10H8N4O2S. The Morgan fingerprint density at radius 2 is 2.53 bits per heavy atom. The maximum atomic E-state index is 11.8. The minimum Gasteiger partial charge on any atom is -0.467 e. The predicted octanol–water partition coefficient (Wildman–Crippen LogP) is 1.31. The number of amides is 1. The van der Waals surface area contributed by atoms with E-state index in [0.717, 1.165) is 0 Å². The van der Waals surface area contributed by atoms with E-state index in [0.29, 0.717) is 23.0 Å². The SMILES string of the molecule is O=C(NCc1ccco1)c1cn2ncsc2n1. The van der Waals surface area contributed by atoms with Gasteiger partial charge in [-0.1, -0.05) is 11.3 Å². The second-order valence-corrected chi connectivity index (χ2v) is 4.17. The molecule has 1 N–H and O–H groups in total. The van der Waals surface area contributed by atoms with Crippen LogP contribution in [0, 0.1) is 0 Å². The summed E-state index contributed by atoms with van der Waals surface area (Å²) >= 11 is 1.38. The number of nitrogens with zero attached hydrogens (tertiary/aromatic N) is 3. The second kappa shape index (κ2) is 4.02. The van der Waals surface area contributed by atoms with Gasteiger partial charge in [0.25, 0.3) is 5.91 Å². The summed E-state index contributed by atoms with van der Waals surface area (Å²) in [5, 5.41) is 6.73. The van der Waals surface area contributed by atoms with E-state index in [2.05, 4.69) is 15.4 Å². The molecule has 0 radical (unpaired) electrons. The highest BCUT2D eigenvalue weighted by Crippen LogP contribution is 2.08. The lowest BCUT2D eigenvalue weighted by atomic mass is 10.4. The molecule has 6 nitrogen and oxygen atoms in total. The molecule has 7 heteroatoms. The zero-order chi connectivity index (χ0) is 11.7. The maximum absolute atomic E-state index is 11.8. The number of hydrogen-bond acceptors (Lipinski definition) is 5. The quantitative estimate of drug-likeness (QED) is 0.758. The van der Waals surface area contributed by atoms with Crippen molar-refractivity contribution in [3.63, 3.8) is 0 Å². The molecule has 0 aliphatic heterocycles. The van der Waals surface area contributed by atoms with E-state index in [-0.39, 0.29) is 5.91 Å². The van der Waals surface area contributed by atoms with Gasteiger partial charge in [0.15, 0.2) is 0 Å². The molecule has 0 saturated carbocycles. The molecule has 0 aromatic carbocycles. The fourth-order valence-electron chi connectivity index (χ4n) is 1.42. The van der Waals surface area contributed by atoms with Crippen molar-refractivity contribution < 1.29 is 9.21 Å². The van der Waals surface area contributed by atoms with Crippen LogP contribution in [0.4, 0.5) is 0 Å². The van der Waals surface area contributed by atoms with Crippen LogP contribution in [0.5, 0.6) is 0 Å². The Balaban J connectivity index is 1.72. The average Bonchev–Trinajstić information content (AvgIpc) is 3.01. The summed E-state index contributed by atoms with van der Waals surface area (Å²) in [6.45, 7) is 0.352. The van der Waals surface area contributed by atoms with E-state index in [1.165, 1.54) is 11.3 Å².